The van der Waals surface area contributed by atoms with E-state index in [4.69, 9.17) is 9.47 Å². The molecule has 0 bridgehead atoms. The SMILES string of the molecule is CC(=O)Oc1ccccc1C(/C=C/c1ccccc1F)OC(C)=O. The fourth-order valence-corrected chi connectivity index (χ4v) is 2.15. The molecular weight excluding hydrogens is 311 g/mol. The van der Waals surface area contributed by atoms with E-state index in [0.29, 0.717) is 11.1 Å². The zero-order valence-corrected chi connectivity index (χ0v) is 13.4. The molecule has 2 aromatic rings. The maximum atomic E-state index is 13.7. The van der Waals surface area contributed by atoms with Crippen molar-refractivity contribution in [2.75, 3.05) is 0 Å². The molecule has 0 aliphatic rings. The van der Waals surface area contributed by atoms with Gasteiger partial charge in [0.25, 0.3) is 0 Å². The third kappa shape index (κ3) is 4.78. The lowest BCUT2D eigenvalue weighted by atomic mass is 10.1. The molecule has 0 fully saturated rings. The summed E-state index contributed by atoms with van der Waals surface area (Å²) in [6.45, 7) is 2.56. The number of hydrogen-bond acceptors (Lipinski definition) is 4. The maximum Gasteiger partial charge on any atom is 0.308 e. The Morgan fingerprint density at radius 1 is 1.00 bits per heavy atom. The van der Waals surface area contributed by atoms with Gasteiger partial charge in [-0.2, -0.15) is 0 Å². The molecule has 4 nitrogen and oxygen atoms in total. The van der Waals surface area contributed by atoms with Crippen molar-refractivity contribution in [2.24, 2.45) is 0 Å². The Labute approximate surface area is 139 Å². The van der Waals surface area contributed by atoms with Gasteiger partial charge in [0.1, 0.15) is 17.7 Å². The Morgan fingerprint density at radius 3 is 2.33 bits per heavy atom. The van der Waals surface area contributed by atoms with Crippen molar-refractivity contribution in [3.63, 3.8) is 0 Å². The molecule has 0 spiro atoms. The van der Waals surface area contributed by atoms with Crippen LogP contribution in [-0.4, -0.2) is 11.9 Å². The quantitative estimate of drug-likeness (QED) is 0.613. The number of benzene rings is 2. The van der Waals surface area contributed by atoms with Gasteiger partial charge in [-0.1, -0.05) is 42.5 Å². The van der Waals surface area contributed by atoms with E-state index in [1.54, 1.807) is 48.5 Å². The first-order valence-corrected chi connectivity index (χ1v) is 7.34. The minimum atomic E-state index is -0.808. The fraction of sp³-hybridized carbons (Fsp3) is 0.158. The van der Waals surface area contributed by atoms with E-state index >= 15 is 0 Å². The first kappa shape index (κ1) is 17.4. The van der Waals surface area contributed by atoms with E-state index in [-0.39, 0.29) is 11.6 Å². The summed E-state index contributed by atoms with van der Waals surface area (Å²) in [6.07, 6.45) is 2.26. The highest BCUT2D eigenvalue weighted by molar-refractivity contribution is 5.70. The predicted molar refractivity (Wildman–Crippen MR) is 87.7 cm³/mol. The molecule has 1 atom stereocenters. The molecular formula is C19H17FO4. The van der Waals surface area contributed by atoms with Crippen LogP contribution in [0.3, 0.4) is 0 Å². The average Bonchev–Trinajstić information content (AvgIpc) is 2.52. The monoisotopic (exact) mass is 328 g/mol. The van der Waals surface area contributed by atoms with Crippen LogP contribution in [-0.2, 0) is 14.3 Å². The Kier molecular flexibility index (Phi) is 5.84. The lowest BCUT2D eigenvalue weighted by Crippen LogP contribution is -2.10. The topological polar surface area (TPSA) is 52.6 Å². The van der Waals surface area contributed by atoms with Gasteiger partial charge in [-0.25, -0.2) is 4.39 Å². The minimum absolute atomic E-state index is 0.287. The summed E-state index contributed by atoms with van der Waals surface area (Å²) in [4.78, 5) is 22.6. The van der Waals surface area contributed by atoms with Gasteiger partial charge in [0.15, 0.2) is 0 Å². The average molecular weight is 328 g/mol. The molecule has 0 amide bonds. The van der Waals surface area contributed by atoms with Crippen LogP contribution in [0, 0.1) is 5.82 Å². The molecule has 24 heavy (non-hydrogen) atoms. The first-order chi connectivity index (χ1) is 11.5. The van der Waals surface area contributed by atoms with Gasteiger partial charge >= 0.3 is 11.9 Å². The minimum Gasteiger partial charge on any atom is -0.453 e. The molecule has 0 aliphatic heterocycles. The highest BCUT2D eigenvalue weighted by Gasteiger charge is 2.17. The van der Waals surface area contributed by atoms with E-state index in [1.165, 1.54) is 26.0 Å². The molecule has 2 aromatic carbocycles. The number of para-hydroxylation sites is 1. The van der Waals surface area contributed by atoms with Crippen molar-refractivity contribution in [1.82, 2.24) is 0 Å². The second-order valence-electron chi connectivity index (χ2n) is 5.04. The summed E-state index contributed by atoms with van der Waals surface area (Å²) in [5.74, 6) is -1.09. The normalized spacial score (nSPS) is 12.0. The number of halogens is 1. The van der Waals surface area contributed by atoms with E-state index in [1.807, 2.05) is 0 Å². The molecule has 5 heteroatoms. The lowest BCUT2D eigenvalue weighted by Gasteiger charge is -2.16. The van der Waals surface area contributed by atoms with Gasteiger partial charge in [0.2, 0.25) is 0 Å². The van der Waals surface area contributed by atoms with Crippen LogP contribution in [0.1, 0.15) is 31.1 Å². The summed E-state index contributed by atoms with van der Waals surface area (Å²) in [5, 5.41) is 0. The van der Waals surface area contributed by atoms with Crippen LogP contribution in [0.5, 0.6) is 5.75 Å². The van der Waals surface area contributed by atoms with Crippen molar-refractivity contribution in [3.8, 4) is 5.75 Å². The predicted octanol–water partition coefficient (Wildman–Crippen LogP) is 4.07. The third-order valence-corrected chi connectivity index (χ3v) is 3.13. The number of rotatable bonds is 5. The van der Waals surface area contributed by atoms with Crippen LogP contribution in [0.2, 0.25) is 0 Å². The largest absolute Gasteiger partial charge is 0.453 e. The van der Waals surface area contributed by atoms with Gasteiger partial charge in [-0.3, -0.25) is 9.59 Å². The summed E-state index contributed by atoms with van der Waals surface area (Å²) >= 11 is 0. The molecule has 124 valence electrons. The van der Waals surface area contributed by atoms with Crippen LogP contribution in [0.25, 0.3) is 6.08 Å². The third-order valence-electron chi connectivity index (χ3n) is 3.13. The van der Waals surface area contributed by atoms with Crippen molar-refractivity contribution in [1.29, 1.82) is 0 Å². The highest BCUT2D eigenvalue weighted by atomic mass is 19.1. The number of ether oxygens (including phenoxy) is 2. The molecule has 0 aliphatic carbocycles. The number of hydrogen-bond donors (Lipinski definition) is 0. The molecule has 2 rings (SSSR count). The first-order valence-electron chi connectivity index (χ1n) is 7.34. The molecule has 0 N–H and O–H groups in total. The zero-order valence-electron chi connectivity index (χ0n) is 13.4. The van der Waals surface area contributed by atoms with E-state index in [9.17, 15) is 14.0 Å². The van der Waals surface area contributed by atoms with Gasteiger partial charge in [-0.05, 0) is 18.2 Å². The van der Waals surface area contributed by atoms with E-state index in [2.05, 4.69) is 0 Å². The van der Waals surface area contributed by atoms with E-state index < -0.39 is 18.0 Å². The van der Waals surface area contributed by atoms with Crippen molar-refractivity contribution < 1.29 is 23.5 Å². The Bertz CT molecular complexity index is 767. The smallest absolute Gasteiger partial charge is 0.308 e. The number of esters is 2. The number of carbonyl (C=O) groups excluding carboxylic acids is 2. The molecule has 0 aromatic heterocycles. The summed E-state index contributed by atoms with van der Waals surface area (Å²) in [6, 6.07) is 13.0. The van der Waals surface area contributed by atoms with Gasteiger partial charge in [0.05, 0.1) is 0 Å². The van der Waals surface area contributed by atoms with Crippen molar-refractivity contribution >= 4 is 18.0 Å². The van der Waals surface area contributed by atoms with E-state index in [0.717, 1.165) is 0 Å². The standard InChI is InChI=1S/C19H17FO4/c1-13(21)23-18-10-6-4-8-16(18)19(24-14(2)22)12-11-15-7-3-5-9-17(15)20/h3-12,19H,1-2H3/b12-11+. The Morgan fingerprint density at radius 2 is 1.67 bits per heavy atom. The highest BCUT2D eigenvalue weighted by Crippen LogP contribution is 2.29. The maximum absolute atomic E-state index is 13.7. The number of carbonyl (C=O) groups is 2. The van der Waals surface area contributed by atoms with Crippen LogP contribution >= 0.6 is 0 Å². The second-order valence-corrected chi connectivity index (χ2v) is 5.04. The molecule has 0 saturated carbocycles. The van der Waals surface area contributed by atoms with Crippen LogP contribution in [0.15, 0.2) is 54.6 Å². The summed E-state index contributed by atoms with van der Waals surface area (Å²) < 4.78 is 24.2. The Balaban J connectivity index is 2.37. The molecule has 1 unspecified atom stereocenters. The molecule has 0 saturated heterocycles. The second kappa shape index (κ2) is 8.06. The molecule has 0 heterocycles. The Hall–Kier alpha value is -2.95. The van der Waals surface area contributed by atoms with Gasteiger partial charge in [-0.15, -0.1) is 0 Å². The molecule has 0 radical (unpaired) electrons. The van der Waals surface area contributed by atoms with Crippen LogP contribution < -0.4 is 4.74 Å². The van der Waals surface area contributed by atoms with Crippen molar-refractivity contribution in [3.05, 3.63) is 71.6 Å². The zero-order chi connectivity index (χ0) is 17.5. The van der Waals surface area contributed by atoms with Gasteiger partial charge in [0, 0.05) is 25.0 Å². The lowest BCUT2D eigenvalue weighted by molar-refractivity contribution is -0.144. The van der Waals surface area contributed by atoms with Crippen LogP contribution in [0.4, 0.5) is 4.39 Å². The summed E-state index contributed by atoms with van der Waals surface area (Å²) in [5.41, 5.74) is 0.857. The van der Waals surface area contributed by atoms with Gasteiger partial charge < -0.3 is 9.47 Å². The summed E-state index contributed by atoms with van der Waals surface area (Å²) in [7, 11) is 0. The van der Waals surface area contributed by atoms with Crippen molar-refractivity contribution in [2.45, 2.75) is 20.0 Å². The fourth-order valence-electron chi connectivity index (χ4n) is 2.15.